The fourth-order valence-electron chi connectivity index (χ4n) is 2.69. The molecule has 3 N–H and O–H groups in total. The summed E-state index contributed by atoms with van der Waals surface area (Å²) in [4.78, 5) is 3.81. The van der Waals surface area contributed by atoms with Crippen LogP contribution in [0.15, 0.2) is 11.4 Å². The van der Waals surface area contributed by atoms with E-state index in [4.69, 9.17) is 10.5 Å². The summed E-state index contributed by atoms with van der Waals surface area (Å²) < 4.78 is 5.46. The average Bonchev–Trinajstić information content (AvgIpc) is 2.84. The van der Waals surface area contributed by atoms with E-state index in [1.807, 2.05) is 6.07 Å². The van der Waals surface area contributed by atoms with Gasteiger partial charge in [0.15, 0.2) is 0 Å². The van der Waals surface area contributed by atoms with E-state index in [1.54, 1.807) is 11.3 Å². The molecule has 0 aliphatic carbocycles. The Morgan fingerprint density at radius 3 is 2.75 bits per heavy atom. The van der Waals surface area contributed by atoms with Crippen molar-refractivity contribution in [3.05, 3.63) is 16.3 Å². The van der Waals surface area contributed by atoms with Gasteiger partial charge in [-0.3, -0.25) is 4.90 Å². The molecule has 0 spiro atoms. The average molecular weight is 297 g/mol. The second-order valence-electron chi connectivity index (χ2n) is 5.86. The monoisotopic (exact) mass is 297 g/mol. The molecular formula is C15H27N3OS. The lowest BCUT2D eigenvalue weighted by Crippen LogP contribution is -2.48. The van der Waals surface area contributed by atoms with Gasteiger partial charge in [0, 0.05) is 42.8 Å². The number of nitrogen functional groups attached to an aromatic ring is 1. The van der Waals surface area contributed by atoms with Crippen LogP contribution in [0, 0.1) is 5.92 Å². The molecule has 0 saturated carbocycles. The summed E-state index contributed by atoms with van der Waals surface area (Å²) in [5, 5.41) is 5.63. The zero-order valence-corrected chi connectivity index (χ0v) is 13.4. The lowest BCUT2D eigenvalue weighted by atomic mass is 10.0. The van der Waals surface area contributed by atoms with Gasteiger partial charge in [-0.15, -0.1) is 11.3 Å². The van der Waals surface area contributed by atoms with Gasteiger partial charge in [0.05, 0.1) is 13.2 Å². The number of hydrogen-bond donors (Lipinski definition) is 2. The second kappa shape index (κ2) is 7.98. The highest BCUT2D eigenvalue weighted by Gasteiger charge is 2.21. The summed E-state index contributed by atoms with van der Waals surface area (Å²) in [5.41, 5.74) is 6.84. The van der Waals surface area contributed by atoms with E-state index >= 15 is 0 Å². The maximum atomic E-state index is 5.92. The van der Waals surface area contributed by atoms with Crippen LogP contribution in [0.3, 0.4) is 0 Å². The Labute approximate surface area is 126 Å². The standard InChI is InChI=1S/C15H27N3OS/c1-12(2)9-13(18-4-6-19-7-5-18)10-17-11-15-14(16)3-8-20-15/h3,8,12-13,17H,4-7,9-11,16H2,1-2H3. The molecular weight excluding hydrogens is 270 g/mol. The molecule has 5 heteroatoms. The normalized spacial score (nSPS) is 18.6. The Morgan fingerprint density at radius 1 is 1.40 bits per heavy atom. The zero-order valence-electron chi connectivity index (χ0n) is 12.6. The van der Waals surface area contributed by atoms with E-state index in [-0.39, 0.29) is 0 Å². The van der Waals surface area contributed by atoms with Crippen LogP contribution in [0.1, 0.15) is 25.1 Å². The number of morpholine rings is 1. The first-order valence-electron chi connectivity index (χ1n) is 7.51. The maximum Gasteiger partial charge on any atom is 0.0594 e. The smallest absolute Gasteiger partial charge is 0.0594 e. The number of rotatable bonds is 7. The van der Waals surface area contributed by atoms with Gasteiger partial charge in [0.25, 0.3) is 0 Å². The summed E-state index contributed by atoms with van der Waals surface area (Å²) in [5.74, 6) is 0.719. The molecule has 1 fully saturated rings. The molecule has 0 bridgehead atoms. The van der Waals surface area contributed by atoms with Crippen LogP contribution in [-0.4, -0.2) is 43.8 Å². The first-order valence-corrected chi connectivity index (χ1v) is 8.39. The van der Waals surface area contributed by atoms with E-state index in [9.17, 15) is 0 Å². The molecule has 4 nitrogen and oxygen atoms in total. The minimum absolute atomic E-state index is 0.597. The van der Waals surface area contributed by atoms with Gasteiger partial charge < -0.3 is 15.8 Å². The highest BCUT2D eigenvalue weighted by atomic mass is 32.1. The quantitative estimate of drug-likeness (QED) is 0.810. The summed E-state index contributed by atoms with van der Waals surface area (Å²) >= 11 is 1.73. The highest BCUT2D eigenvalue weighted by Crippen LogP contribution is 2.18. The topological polar surface area (TPSA) is 50.5 Å². The van der Waals surface area contributed by atoms with Crippen molar-refractivity contribution in [3.8, 4) is 0 Å². The van der Waals surface area contributed by atoms with E-state index in [2.05, 4.69) is 29.4 Å². The molecule has 114 valence electrons. The molecule has 1 aromatic rings. The zero-order chi connectivity index (χ0) is 14.4. The van der Waals surface area contributed by atoms with Crippen molar-refractivity contribution in [1.29, 1.82) is 0 Å². The van der Waals surface area contributed by atoms with Crippen LogP contribution < -0.4 is 11.1 Å². The lowest BCUT2D eigenvalue weighted by molar-refractivity contribution is 0.0123. The number of anilines is 1. The fraction of sp³-hybridized carbons (Fsp3) is 0.733. The van der Waals surface area contributed by atoms with Crippen molar-refractivity contribution in [3.63, 3.8) is 0 Å². The van der Waals surface area contributed by atoms with Gasteiger partial charge in [0.1, 0.15) is 0 Å². The third-order valence-electron chi connectivity index (χ3n) is 3.75. The number of nitrogens with zero attached hydrogens (tertiary/aromatic N) is 1. The Balaban J connectivity index is 1.82. The molecule has 2 rings (SSSR count). The summed E-state index contributed by atoms with van der Waals surface area (Å²) in [6.07, 6.45) is 1.23. The van der Waals surface area contributed by atoms with E-state index in [0.717, 1.165) is 51.0 Å². The van der Waals surface area contributed by atoms with E-state index in [1.165, 1.54) is 11.3 Å². The maximum absolute atomic E-state index is 5.92. The number of thiophene rings is 1. The summed E-state index contributed by atoms with van der Waals surface area (Å²) in [6, 6.07) is 2.58. The van der Waals surface area contributed by atoms with Gasteiger partial charge in [-0.05, 0) is 23.8 Å². The molecule has 1 aromatic heterocycles. The van der Waals surface area contributed by atoms with Gasteiger partial charge in [-0.25, -0.2) is 0 Å². The number of nitrogens with two attached hydrogens (primary N) is 1. The molecule has 2 heterocycles. The van der Waals surface area contributed by atoms with Crippen LogP contribution >= 0.6 is 11.3 Å². The molecule has 1 aliphatic heterocycles. The van der Waals surface area contributed by atoms with E-state index < -0.39 is 0 Å². The molecule has 1 atom stereocenters. The molecule has 1 saturated heterocycles. The first-order chi connectivity index (χ1) is 9.66. The second-order valence-corrected chi connectivity index (χ2v) is 6.86. The van der Waals surface area contributed by atoms with Gasteiger partial charge in [-0.2, -0.15) is 0 Å². The van der Waals surface area contributed by atoms with Crippen LogP contribution in [0.25, 0.3) is 0 Å². The van der Waals surface area contributed by atoms with Crippen molar-refractivity contribution in [2.45, 2.75) is 32.9 Å². The van der Waals surface area contributed by atoms with Crippen molar-refractivity contribution in [2.75, 3.05) is 38.6 Å². The summed E-state index contributed by atoms with van der Waals surface area (Å²) in [6.45, 7) is 10.3. The molecule has 1 unspecified atom stereocenters. The summed E-state index contributed by atoms with van der Waals surface area (Å²) in [7, 11) is 0. The number of nitrogens with one attached hydrogen (secondary N) is 1. The highest BCUT2D eigenvalue weighted by molar-refractivity contribution is 7.10. The Morgan fingerprint density at radius 2 is 2.15 bits per heavy atom. The van der Waals surface area contributed by atoms with Crippen LogP contribution in [-0.2, 0) is 11.3 Å². The Kier molecular flexibility index (Phi) is 6.29. The van der Waals surface area contributed by atoms with E-state index in [0.29, 0.717) is 6.04 Å². The van der Waals surface area contributed by atoms with Crippen molar-refractivity contribution in [1.82, 2.24) is 10.2 Å². The van der Waals surface area contributed by atoms with Crippen molar-refractivity contribution < 1.29 is 4.74 Å². The number of hydrogen-bond acceptors (Lipinski definition) is 5. The fourth-order valence-corrected chi connectivity index (χ4v) is 3.46. The molecule has 1 aliphatic rings. The molecule has 0 aromatic carbocycles. The van der Waals surface area contributed by atoms with Crippen LogP contribution in [0.4, 0.5) is 5.69 Å². The predicted molar refractivity (Wildman–Crippen MR) is 86.1 cm³/mol. The van der Waals surface area contributed by atoms with Crippen molar-refractivity contribution >= 4 is 17.0 Å². The third-order valence-corrected chi connectivity index (χ3v) is 4.69. The first kappa shape index (κ1) is 15.8. The van der Waals surface area contributed by atoms with Crippen LogP contribution in [0.5, 0.6) is 0 Å². The predicted octanol–water partition coefficient (Wildman–Crippen LogP) is 2.17. The van der Waals surface area contributed by atoms with Crippen molar-refractivity contribution in [2.24, 2.45) is 5.92 Å². The third kappa shape index (κ3) is 4.74. The number of ether oxygens (including phenoxy) is 1. The largest absolute Gasteiger partial charge is 0.398 e. The SMILES string of the molecule is CC(C)CC(CNCc1sccc1N)N1CCOCC1. The molecule has 0 radical (unpaired) electrons. The Bertz CT molecular complexity index is 388. The lowest BCUT2D eigenvalue weighted by Gasteiger charge is -2.35. The van der Waals surface area contributed by atoms with Crippen LogP contribution in [0.2, 0.25) is 0 Å². The van der Waals surface area contributed by atoms with Gasteiger partial charge >= 0.3 is 0 Å². The Hall–Kier alpha value is -0.620. The minimum Gasteiger partial charge on any atom is -0.398 e. The molecule has 20 heavy (non-hydrogen) atoms. The van der Waals surface area contributed by atoms with Gasteiger partial charge in [0.2, 0.25) is 0 Å². The van der Waals surface area contributed by atoms with Gasteiger partial charge in [-0.1, -0.05) is 13.8 Å². The minimum atomic E-state index is 0.597. The molecule has 0 amide bonds.